The van der Waals surface area contributed by atoms with Gasteiger partial charge >= 0.3 is 6.61 Å². The highest BCUT2D eigenvalue weighted by molar-refractivity contribution is 6.09. The molecular weight excluding hydrogens is 342 g/mol. The number of allylic oxidation sites excluding steroid dienone is 1. The number of hydrogen-bond acceptors (Lipinski definition) is 5. The second-order valence-corrected chi connectivity index (χ2v) is 5.17. The predicted molar refractivity (Wildman–Crippen MR) is 94.4 cm³/mol. The molecule has 134 valence electrons. The van der Waals surface area contributed by atoms with Gasteiger partial charge in [-0.15, -0.1) is 0 Å². The highest BCUT2D eigenvalue weighted by Gasteiger charge is 2.05. The summed E-state index contributed by atoms with van der Waals surface area (Å²) >= 11 is 0. The van der Waals surface area contributed by atoms with E-state index in [0.29, 0.717) is 11.3 Å². The maximum atomic E-state index is 12.2. The van der Waals surface area contributed by atoms with Crippen molar-refractivity contribution in [3.05, 3.63) is 66.8 Å². The normalized spacial score (nSPS) is 12.2. The number of hydrogen-bond donors (Lipinski definition) is 1. The van der Waals surface area contributed by atoms with Gasteiger partial charge in [-0.3, -0.25) is 4.99 Å². The average molecular weight is 358 g/mol. The Hall–Kier alpha value is -3.42. The van der Waals surface area contributed by atoms with Crippen LogP contribution in [0.5, 0.6) is 11.5 Å². The summed E-state index contributed by atoms with van der Waals surface area (Å²) in [6.45, 7) is -2.88. The van der Waals surface area contributed by atoms with Gasteiger partial charge in [0.25, 0.3) is 0 Å². The van der Waals surface area contributed by atoms with E-state index in [4.69, 9.17) is 10.5 Å². The lowest BCUT2D eigenvalue weighted by Gasteiger charge is -2.07. The van der Waals surface area contributed by atoms with Gasteiger partial charge in [0.15, 0.2) is 6.73 Å². The van der Waals surface area contributed by atoms with E-state index in [1.165, 1.54) is 18.3 Å². The van der Waals surface area contributed by atoms with E-state index in [2.05, 4.69) is 14.7 Å². The highest BCUT2D eigenvalue weighted by atomic mass is 19.3. The molecule has 0 saturated carbocycles. The van der Waals surface area contributed by atoms with Crippen LogP contribution < -0.4 is 15.2 Å². The number of halogens is 2. The molecule has 8 heteroatoms. The van der Waals surface area contributed by atoms with E-state index in [1.807, 2.05) is 28.9 Å². The molecule has 0 atom stereocenters. The van der Waals surface area contributed by atoms with E-state index >= 15 is 0 Å². The molecule has 0 aliphatic rings. The predicted octanol–water partition coefficient (Wildman–Crippen LogP) is 3.34. The van der Waals surface area contributed by atoms with Crippen LogP contribution >= 0.6 is 0 Å². The SMILES string of the molecule is N/C=C(\C=N/COc1cccc(OC(F)F)c1)c1ccc2nccn2c1. The number of nitrogens with two attached hydrogens (primary N) is 1. The standard InChI is InChI=1S/C18H16F2N4O2/c19-18(20)26-16-3-1-2-15(8-16)25-12-22-10-14(9-21)13-4-5-17-23-6-7-24(17)11-13/h1-11,18H,12,21H2/b14-9+,22-10-. The number of imidazole rings is 1. The van der Waals surface area contributed by atoms with Gasteiger partial charge < -0.3 is 19.6 Å². The van der Waals surface area contributed by atoms with Gasteiger partial charge in [0, 0.05) is 48.2 Å². The lowest BCUT2D eigenvalue weighted by atomic mass is 10.1. The first kappa shape index (κ1) is 17.4. The minimum atomic E-state index is -2.88. The molecule has 0 fully saturated rings. The summed E-state index contributed by atoms with van der Waals surface area (Å²) in [6, 6.07) is 9.73. The molecule has 0 saturated heterocycles. The number of ether oxygens (including phenoxy) is 2. The van der Waals surface area contributed by atoms with Crippen LogP contribution in [0.3, 0.4) is 0 Å². The molecule has 0 unspecified atom stereocenters. The first-order chi connectivity index (χ1) is 12.7. The maximum absolute atomic E-state index is 12.2. The van der Waals surface area contributed by atoms with Gasteiger partial charge in [-0.1, -0.05) is 6.07 Å². The lowest BCUT2D eigenvalue weighted by Crippen LogP contribution is -2.02. The first-order valence-corrected chi connectivity index (χ1v) is 7.68. The topological polar surface area (TPSA) is 74.1 Å². The van der Waals surface area contributed by atoms with E-state index in [0.717, 1.165) is 11.2 Å². The first-order valence-electron chi connectivity index (χ1n) is 7.68. The fourth-order valence-electron chi connectivity index (χ4n) is 2.29. The van der Waals surface area contributed by atoms with Crippen molar-refractivity contribution in [2.45, 2.75) is 6.61 Å². The summed E-state index contributed by atoms with van der Waals surface area (Å²) in [5.74, 6) is 0.399. The van der Waals surface area contributed by atoms with Crippen LogP contribution in [0.1, 0.15) is 5.56 Å². The van der Waals surface area contributed by atoms with Crippen LogP contribution in [0.2, 0.25) is 0 Å². The van der Waals surface area contributed by atoms with Crippen LogP contribution in [0.4, 0.5) is 8.78 Å². The number of fused-ring (bicyclic) bond motifs is 1. The number of aliphatic imine (C=N–C) groups is 1. The summed E-state index contributed by atoms with van der Waals surface area (Å²) in [6.07, 6.45) is 8.45. The number of alkyl halides is 2. The van der Waals surface area contributed by atoms with E-state index in [-0.39, 0.29) is 12.5 Å². The van der Waals surface area contributed by atoms with Crippen molar-refractivity contribution >= 4 is 17.4 Å². The lowest BCUT2D eigenvalue weighted by molar-refractivity contribution is -0.0499. The van der Waals surface area contributed by atoms with Crippen molar-refractivity contribution in [1.82, 2.24) is 9.38 Å². The smallest absolute Gasteiger partial charge is 0.387 e. The summed E-state index contributed by atoms with van der Waals surface area (Å²) < 4.78 is 36.0. The third-order valence-corrected chi connectivity index (χ3v) is 3.47. The van der Waals surface area contributed by atoms with Crippen LogP contribution in [0.15, 0.2) is 66.2 Å². The molecule has 6 nitrogen and oxygen atoms in total. The molecule has 3 rings (SSSR count). The largest absolute Gasteiger partial charge is 0.471 e. The van der Waals surface area contributed by atoms with Gasteiger partial charge in [-0.25, -0.2) is 4.98 Å². The van der Waals surface area contributed by atoms with Crippen molar-refractivity contribution in [1.29, 1.82) is 0 Å². The summed E-state index contributed by atoms with van der Waals surface area (Å²) in [5, 5.41) is 0. The third-order valence-electron chi connectivity index (χ3n) is 3.47. The number of nitrogens with zero attached hydrogens (tertiary/aromatic N) is 3. The second kappa shape index (κ2) is 8.11. The molecular formula is C18H16F2N4O2. The number of benzene rings is 1. The molecule has 0 aliphatic heterocycles. The van der Waals surface area contributed by atoms with Crippen LogP contribution in [-0.2, 0) is 0 Å². The maximum Gasteiger partial charge on any atom is 0.387 e. The summed E-state index contributed by atoms with van der Waals surface area (Å²) in [7, 11) is 0. The Kier molecular flexibility index (Phi) is 5.43. The zero-order valence-corrected chi connectivity index (χ0v) is 13.6. The Morgan fingerprint density at radius 2 is 2.12 bits per heavy atom. The fraction of sp³-hybridized carbons (Fsp3) is 0.111. The van der Waals surface area contributed by atoms with Gasteiger partial charge in [0.05, 0.1) is 0 Å². The number of aromatic nitrogens is 2. The Bertz CT molecular complexity index is 938. The number of rotatable bonds is 7. The van der Waals surface area contributed by atoms with Gasteiger partial charge in [0.2, 0.25) is 0 Å². The van der Waals surface area contributed by atoms with Crippen molar-refractivity contribution < 1.29 is 18.3 Å². The third kappa shape index (κ3) is 4.35. The molecule has 0 bridgehead atoms. The fourth-order valence-corrected chi connectivity index (χ4v) is 2.29. The molecule has 0 amide bonds. The molecule has 1 aromatic carbocycles. The second-order valence-electron chi connectivity index (χ2n) is 5.17. The molecule has 3 aromatic rings. The molecule has 0 radical (unpaired) electrons. The molecule has 0 aliphatic carbocycles. The summed E-state index contributed by atoms with van der Waals surface area (Å²) in [4.78, 5) is 8.34. The van der Waals surface area contributed by atoms with Gasteiger partial charge in [-0.2, -0.15) is 8.78 Å². The Balaban J connectivity index is 1.62. The Labute approximate surface area is 148 Å². The van der Waals surface area contributed by atoms with E-state index in [1.54, 1.807) is 24.5 Å². The van der Waals surface area contributed by atoms with E-state index < -0.39 is 6.61 Å². The zero-order valence-electron chi connectivity index (χ0n) is 13.6. The highest BCUT2D eigenvalue weighted by Crippen LogP contribution is 2.21. The average Bonchev–Trinajstić information content (AvgIpc) is 3.09. The van der Waals surface area contributed by atoms with Crippen molar-refractivity contribution in [2.24, 2.45) is 10.7 Å². The Morgan fingerprint density at radius 3 is 2.92 bits per heavy atom. The quantitative estimate of drug-likeness (QED) is 0.658. The van der Waals surface area contributed by atoms with Gasteiger partial charge in [-0.05, 0) is 24.3 Å². The zero-order chi connectivity index (χ0) is 18.4. The molecule has 2 aromatic heterocycles. The van der Waals surface area contributed by atoms with Crippen molar-refractivity contribution in [3.8, 4) is 11.5 Å². The number of pyridine rings is 1. The minimum absolute atomic E-state index is 0.00277. The van der Waals surface area contributed by atoms with Crippen LogP contribution in [0.25, 0.3) is 11.2 Å². The van der Waals surface area contributed by atoms with Gasteiger partial charge in [0.1, 0.15) is 17.1 Å². The monoisotopic (exact) mass is 358 g/mol. The van der Waals surface area contributed by atoms with Crippen molar-refractivity contribution in [3.63, 3.8) is 0 Å². The molecule has 0 spiro atoms. The van der Waals surface area contributed by atoms with Crippen LogP contribution in [0, 0.1) is 0 Å². The molecule has 2 heterocycles. The summed E-state index contributed by atoms with van der Waals surface area (Å²) in [5.41, 5.74) is 8.08. The molecule has 26 heavy (non-hydrogen) atoms. The minimum Gasteiger partial charge on any atom is -0.471 e. The van der Waals surface area contributed by atoms with E-state index in [9.17, 15) is 8.78 Å². The van der Waals surface area contributed by atoms with Crippen molar-refractivity contribution in [2.75, 3.05) is 6.73 Å². The van der Waals surface area contributed by atoms with Crippen LogP contribution in [-0.4, -0.2) is 28.9 Å². The Morgan fingerprint density at radius 1 is 1.27 bits per heavy atom. The molecule has 2 N–H and O–H groups in total.